The normalized spacial score (nSPS) is 16.9. The van der Waals surface area contributed by atoms with Crippen LogP contribution in [0.5, 0.6) is 0 Å². The van der Waals surface area contributed by atoms with Crippen molar-refractivity contribution in [1.29, 1.82) is 0 Å². The van der Waals surface area contributed by atoms with Gasteiger partial charge < -0.3 is 14.3 Å². The fourth-order valence-electron chi connectivity index (χ4n) is 2.30. The number of anilines is 1. The van der Waals surface area contributed by atoms with Gasteiger partial charge in [-0.05, 0) is 39.9 Å². The average Bonchev–Trinajstić information content (AvgIpc) is 2.83. The number of hydrogen-bond acceptors (Lipinski definition) is 5. The lowest BCUT2D eigenvalue weighted by atomic mass is 10.0. The van der Waals surface area contributed by atoms with E-state index >= 15 is 0 Å². The molecule has 2 rings (SSSR count). The number of carbonyl (C=O) groups is 2. The van der Waals surface area contributed by atoms with E-state index in [2.05, 4.69) is 22.4 Å². The Morgan fingerprint density at radius 3 is 2.65 bits per heavy atom. The van der Waals surface area contributed by atoms with Crippen LogP contribution in [-0.4, -0.2) is 60.0 Å². The van der Waals surface area contributed by atoms with Crippen LogP contribution >= 0.6 is 0 Å². The van der Waals surface area contributed by atoms with Crippen molar-refractivity contribution in [2.45, 2.75) is 25.8 Å². The van der Waals surface area contributed by atoms with Gasteiger partial charge in [-0.25, -0.2) is 0 Å². The molecule has 0 saturated carbocycles. The SMILES string of the molecule is Cc1cc(NC(=O)C(=O)N(C)C2CCN(C)CC2)no1. The molecule has 110 valence electrons. The number of likely N-dealkylation sites (N-methyl/N-ethyl adjacent to an activating group) is 1. The van der Waals surface area contributed by atoms with Crippen LogP contribution in [0, 0.1) is 6.92 Å². The Labute approximate surface area is 117 Å². The Bertz CT molecular complexity index is 492. The Morgan fingerprint density at radius 1 is 1.45 bits per heavy atom. The summed E-state index contributed by atoms with van der Waals surface area (Å²) in [5.41, 5.74) is 0. The summed E-state index contributed by atoms with van der Waals surface area (Å²) in [7, 11) is 3.73. The third-order valence-corrected chi connectivity index (χ3v) is 3.62. The highest BCUT2D eigenvalue weighted by Crippen LogP contribution is 2.15. The molecule has 7 nitrogen and oxygen atoms in total. The average molecular weight is 280 g/mol. The lowest BCUT2D eigenvalue weighted by Crippen LogP contribution is -2.47. The van der Waals surface area contributed by atoms with E-state index in [9.17, 15) is 9.59 Å². The van der Waals surface area contributed by atoms with Crippen molar-refractivity contribution in [3.8, 4) is 0 Å². The second kappa shape index (κ2) is 6.04. The maximum Gasteiger partial charge on any atom is 0.315 e. The second-order valence-electron chi connectivity index (χ2n) is 5.23. The van der Waals surface area contributed by atoms with Crippen molar-refractivity contribution < 1.29 is 14.1 Å². The predicted octanol–water partition coefficient (Wildman–Crippen LogP) is 0.474. The van der Waals surface area contributed by atoms with E-state index in [1.165, 1.54) is 4.90 Å². The fraction of sp³-hybridized carbons (Fsp3) is 0.615. The van der Waals surface area contributed by atoms with E-state index in [1.54, 1.807) is 20.0 Å². The molecule has 0 bridgehead atoms. The number of aryl methyl sites for hydroxylation is 1. The van der Waals surface area contributed by atoms with Crippen molar-refractivity contribution in [3.63, 3.8) is 0 Å². The van der Waals surface area contributed by atoms with Gasteiger partial charge in [0.2, 0.25) is 0 Å². The molecule has 1 saturated heterocycles. The Kier molecular flexibility index (Phi) is 4.39. The summed E-state index contributed by atoms with van der Waals surface area (Å²) in [6, 6.07) is 1.68. The molecule has 1 N–H and O–H groups in total. The molecule has 2 amide bonds. The smallest absolute Gasteiger partial charge is 0.315 e. The van der Waals surface area contributed by atoms with E-state index in [0.29, 0.717) is 5.76 Å². The van der Waals surface area contributed by atoms with Crippen LogP contribution in [0.1, 0.15) is 18.6 Å². The molecule has 1 aliphatic heterocycles. The molecule has 1 fully saturated rings. The predicted molar refractivity (Wildman–Crippen MR) is 73.2 cm³/mol. The summed E-state index contributed by atoms with van der Waals surface area (Å²) in [6.07, 6.45) is 1.77. The topological polar surface area (TPSA) is 78.7 Å². The van der Waals surface area contributed by atoms with Gasteiger partial charge in [-0.15, -0.1) is 0 Å². The number of aromatic nitrogens is 1. The molecule has 0 spiro atoms. The summed E-state index contributed by atoms with van der Waals surface area (Å²) in [5, 5.41) is 6.08. The highest BCUT2D eigenvalue weighted by atomic mass is 16.5. The standard InChI is InChI=1S/C13H20N4O3/c1-9-8-11(15-20-9)14-12(18)13(19)17(3)10-4-6-16(2)7-5-10/h8,10H,4-7H2,1-3H3,(H,14,15,18). The second-order valence-corrected chi connectivity index (χ2v) is 5.23. The van der Waals surface area contributed by atoms with Crippen LogP contribution in [0.3, 0.4) is 0 Å². The van der Waals surface area contributed by atoms with Crippen molar-refractivity contribution in [2.24, 2.45) is 0 Å². The number of carbonyl (C=O) groups excluding carboxylic acids is 2. The zero-order valence-corrected chi connectivity index (χ0v) is 12.0. The number of nitrogens with zero attached hydrogens (tertiary/aromatic N) is 3. The number of piperidine rings is 1. The first-order valence-corrected chi connectivity index (χ1v) is 6.67. The molecular weight excluding hydrogens is 260 g/mol. The molecule has 7 heteroatoms. The molecule has 0 aliphatic carbocycles. The molecule has 20 heavy (non-hydrogen) atoms. The zero-order valence-electron chi connectivity index (χ0n) is 12.0. The highest BCUT2D eigenvalue weighted by molar-refractivity contribution is 6.39. The Morgan fingerprint density at radius 2 is 2.10 bits per heavy atom. The first-order valence-electron chi connectivity index (χ1n) is 6.67. The van der Waals surface area contributed by atoms with E-state index < -0.39 is 11.8 Å². The summed E-state index contributed by atoms with van der Waals surface area (Å²) in [5.74, 6) is -0.381. The minimum atomic E-state index is -0.681. The van der Waals surface area contributed by atoms with Gasteiger partial charge in [0, 0.05) is 19.2 Å². The molecule has 1 aromatic heterocycles. The molecule has 0 aromatic carbocycles. The van der Waals surface area contributed by atoms with Crippen LogP contribution < -0.4 is 5.32 Å². The van der Waals surface area contributed by atoms with Crippen LogP contribution in [0.4, 0.5) is 5.82 Å². The van der Waals surface area contributed by atoms with Crippen molar-refractivity contribution >= 4 is 17.6 Å². The molecule has 0 atom stereocenters. The van der Waals surface area contributed by atoms with E-state index in [1.807, 2.05) is 0 Å². The quantitative estimate of drug-likeness (QED) is 0.797. The van der Waals surface area contributed by atoms with Crippen LogP contribution in [0.25, 0.3) is 0 Å². The third-order valence-electron chi connectivity index (χ3n) is 3.62. The largest absolute Gasteiger partial charge is 0.360 e. The molecule has 2 heterocycles. The van der Waals surface area contributed by atoms with Crippen molar-refractivity contribution in [1.82, 2.24) is 15.0 Å². The first kappa shape index (κ1) is 14.5. The van der Waals surface area contributed by atoms with Crippen LogP contribution in [0.2, 0.25) is 0 Å². The number of rotatable bonds is 2. The summed E-state index contributed by atoms with van der Waals surface area (Å²) >= 11 is 0. The van der Waals surface area contributed by atoms with Gasteiger partial charge in [0.15, 0.2) is 5.82 Å². The fourth-order valence-corrected chi connectivity index (χ4v) is 2.30. The van der Waals surface area contributed by atoms with Crippen molar-refractivity contribution in [2.75, 3.05) is 32.5 Å². The summed E-state index contributed by atoms with van der Waals surface area (Å²) in [6.45, 7) is 3.59. The summed E-state index contributed by atoms with van der Waals surface area (Å²) in [4.78, 5) is 27.7. The third kappa shape index (κ3) is 3.36. The lowest BCUT2D eigenvalue weighted by molar-refractivity contribution is -0.144. The van der Waals surface area contributed by atoms with Gasteiger partial charge in [0.05, 0.1) is 0 Å². The number of hydrogen-bond donors (Lipinski definition) is 1. The number of likely N-dealkylation sites (tertiary alicyclic amines) is 1. The molecule has 0 radical (unpaired) electrons. The van der Waals surface area contributed by atoms with Gasteiger partial charge in [0.25, 0.3) is 0 Å². The maximum absolute atomic E-state index is 12.1. The van der Waals surface area contributed by atoms with Crippen LogP contribution in [0.15, 0.2) is 10.6 Å². The van der Waals surface area contributed by atoms with Crippen molar-refractivity contribution in [3.05, 3.63) is 11.8 Å². The Hall–Kier alpha value is -1.89. The van der Waals surface area contributed by atoms with E-state index in [4.69, 9.17) is 4.52 Å². The van der Waals surface area contributed by atoms with E-state index in [0.717, 1.165) is 25.9 Å². The zero-order chi connectivity index (χ0) is 14.7. The lowest BCUT2D eigenvalue weighted by Gasteiger charge is -2.34. The van der Waals surface area contributed by atoms with Crippen LogP contribution in [-0.2, 0) is 9.59 Å². The van der Waals surface area contributed by atoms with Gasteiger partial charge in [-0.3, -0.25) is 14.9 Å². The molecule has 1 aromatic rings. The summed E-state index contributed by atoms with van der Waals surface area (Å²) < 4.78 is 4.84. The molecular formula is C13H20N4O3. The van der Waals surface area contributed by atoms with E-state index in [-0.39, 0.29) is 11.9 Å². The van der Waals surface area contributed by atoms with Gasteiger partial charge in [-0.1, -0.05) is 5.16 Å². The first-order chi connectivity index (χ1) is 9.47. The highest BCUT2D eigenvalue weighted by Gasteiger charge is 2.28. The number of nitrogens with one attached hydrogen (secondary N) is 1. The Balaban J connectivity index is 1.91. The minimum absolute atomic E-state index is 0.114. The molecule has 0 unspecified atom stereocenters. The van der Waals surface area contributed by atoms with Gasteiger partial charge in [0.1, 0.15) is 5.76 Å². The van der Waals surface area contributed by atoms with Gasteiger partial charge >= 0.3 is 11.8 Å². The minimum Gasteiger partial charge on any atom is -0.360 e. The maximum atomic E-state index is 12.1. The number of amides is 2. The monoisotopic (exact) mass is 280 g/mol. The molecule has 1 aliphatic rings. The van der Waals surface area contributed by atoms with Gasteiger partial charge in [-0.2, -0.15) is 0 Å².